The summed E-state index contributed by atoms with van der Waals surface area (Å²) in [7, 11) is 0. The van der Waals surface area contributed by atoms with Crippen molar-refractivity contribution in [3.8, 4) is 5.69 Å². The SMILES string of the molecule is CCCCN(C(=O)Nc1ccccc1C)C(CC)c1nc2ccccc2c(=O)n1-c1ccc(F)c(Cl)c1. The van der Waals surface area contributed by atoms with Crippen LogP contribution in [0.1, 0.15) is 50.5 Å². The van der Waals surface area contributed by atoms with Crippen LogP contribution in [0.25, 0.3) is 16.6 Å². The van der Waals surface area contributed by atoms with Crippen molar-refractivity contribution in [3.05, 3.63) is 99.3 Å². The number of nitrogens with one attached hydrogen (secondary N) is 1. The largest absolute Gasteiger partial charge is 0.322 e. The van der Waals surface area contributed by atoms with E-state index in [4.69, 9.17) is 16.6 Å². The molecular formula is C29H30ClFN4O2. The number of urea groups is 1. The predicted octanol–water partition coefficient (Wildman–Crippen LogP) is 7.27. The van der Waals surface area contributed by atoms with Gasteiger partial charge >= 0.3 is 6.03 Å². The van der Waals surface area contributed by atoms with E-state index in [9.17, 15) is 14.0 Å². The summed E-state index contributed by atoms with van der Waals surface area (Å²) in [6.07, 6.45) is 2.17. The lowest BCUT2D eigenvalue weighted by Gasteiger charge is -2.32. The molecule has 4 rings (SSSR count). The standard InChI is InChI=1S/C29H30ClFN4O2/c1-4-6-17-34(29(37)33-24-13-9-7-11-19(24)3)26(5-2)27-32-25-14-10-8-12-21(25)28(36)35(27)20-15-16-23(31)22(30)18-20/h7-16,18,26H,4-6,17H2,1-3H3,(H,33,37). The zero-order valence-electron chi connectivity index (χ0n) is 21.2. The summed E-state index contributed by atoms with van der Waals surface area (Å²) in [4.78, 5) is 34.1. The van der Waals surface area contributed by atoms with E-state index in [1.807, 2.05) is 44.2 Å². The fourth-order valence-corrected chi connectivity index (χ4v) is 4.59. The molecule has 0 aliphatic heterocycles. The monoisotopic (exact) mass is 520 g/mol. The Kier molecular flexibility index (Phi) is 8.24. The van der Waals surface area contributed by atoms with Crippen molar-refractivity contribution in [1.29, 1.82) is 0 Å². The number of hydrogen-bond acceptors (Lipinski definition) is 3. The molecule has 3 aromatic carbocycles. The van der Waals surface area contributed by atoms with Crippen LogP contribution in [0.3, 0.4) is 0 Å². The number of nitrogens with zero attached hydrogens (tertiary/aromatic N) is 3. The van der Waals surface area contributed by atoms with Crippen molar-refractivity contribution in [1.82, 2.24) is 14.5 Å². The van der Waals surface area contributed by atoms with E-state index in [1.54, 1.807) is 23.1 Å². The van der Waals surface area contributed by atoms with Gasteiger partial charge in [-0.15, -0.1) is 0 Å². The number of benzene rings is 3. The number of halogens is 2. The quantitative estimate of drug-likeness (QED) is 0.265. The molecular weight excluding hydrogens is 491 g/mol. The number of anilines is 1. The first kappa shape index (κ1) is 26.4. The smallest absolute Gasteiger partial charge is 0.314 e. The van der Waals surface area contributed by atoms with Crippen LogP contribution in [-0.4, -0.2) is 27.0 Å². The van der Waals surface area contributed by atoms with Crippen molar-refractivity contribution < 1.29 is 9.18 Å². The molecule has 1 atom stereocenters. The van der Waals surface area contributed by atoms with Gasteiger partial charge < -0.3 is 10.2 Å². The minimum atomic E-state index is -0.581. The number of aromatic nitrogens is 2. The number of fused-ring (bicyclic) bond motifs is 1. The lowest BCUT2D eigenvalue weighted by atomic mass is 10.1. The van der Waals surface area contributed by atoms with Gasteiger partial charge in [-0.3, -0.25) is 9.36 Å². The summed E-state index contributed by atoms with van der Waals surface area (Å²) in [5.41, 5.74) is 2.27. The van der Waals surface area contributed by atoms with Crippen LogP contribution in [0.15, 0.2) is 71.5 Å². The molecule has 0 spiro atoms. The van der Waals surface area contributed by atoms with Gasteiger partial charge in [-0.2, -0.15) is 0 Å². The lowest BCUT2D eigenvalue weighted by molar-refractivity contribution is 0.180. The summed E-state index contributed by atoms with van der Waals surface area (Å²) in [5.74, 6) is -0.187. The minimum Gasteiger partial charge on any atom is -0.314 e. The molecule has 0 aliphatic rings. The average Bonchev–Trinajstić information content (AvgIpc) is 2.89. The third kappa shape index (κ3) is 5.52. The van der Waals surface area contributed by atoms with Gasteiger partial charge in [-0.25, -0.2) is 14.2 Å². The first-order valence-corrected chi connectivity index (χ1v) is 12.8. The van der Waals surface area contributed by atoms with Gasteiger partial charge in [0.1, 0.15) is 11.6 Å². The first-order chi connectivity index (χ1) is 17.8. The average molecular weight is 521 g/mol. The molecule has 4 aromatic rings. The van der Waals surface area contributed by atoms with Crippen LogP contribution < -0.4 is 10.9 Å². The highest BCUT2D eigenvalue weighted by Crippen LogP contribution is 2.29. The van der Waals surface area contributed by atoms with Crippen LogP contribution in [0.2, 0.25) is 5.02 Å². The lowest BCUT2D eigenvalue weighted by Crippen LogP contribution is -2.41. The van der Waals surface area contributed by atoms with Gasteiger partial charge in [-0.1, -0.05) is 62.2 Å². The Morgan fingerprint density at radius 2 is 1.84 bits per heavy atom. The molecule has 1 unspecified atom stereocenters. The van der Waals surface area contributed by atoms with E-state index < -0.39 is 11.9 Å². The summed E-state index contributed by atoms with van der Waals surface area (Å²) in [6.45, 7) is 6.42. The van der Waals surface area contributed by atoms with Crippen molar-refractivity contribution in [2.45, 2.75) is 46.1 Å². The van der Waals surface area contributed by atoms with Crippen molar-refractivity contribution in [2.75, 3.05) is 11.9 Å². The van der Waals surface area contributed by atoms with Gasteiger partial charge in [-0.05, 0) is 61.7 Å². The van der Waals surface area contributed by atoms with Gasteiger partial charge in [0.2, 0.25) is 0 Å². The molecule has 0 radical (unpaired) electrons. The summed E-state index contributed by atoms with van der Waals surface area (Å²) in [6, 6.07) is 18.0. The molecule has 37 heavy (non-hydrogen) atoms. The molecule has 1 aromatic heterocycles. The minimum absolute atomic E-state index is 0.100. The van der Waals surface area contributed by atoms with E-state index in [0.717, 1.165) is 24.1 Å². The van der Waals surface area contributed by atoms with E-state index in [-0.39, 0.29) is 16.6 Å². The third-order valence-corrected chi connectivity index (χ3v) is 6.71. The van der Waals surface area contributed by atoms with Gasteiger partial charge in [0.05, 0.1) is 27.7 Å². The maximum absolute atomic E-state index is 14.0. The second-order valence-electron chi connectivity index (χ2n) is 8.94. The number of rotatable bonds is 8. The number of carbonyl (C=O) groups excluding carboxylic acids is 1. The molecule has 1 heterocycles. The second kappa shape index (κ2) is 11.6. The van der Waals surface area contributed by atoms with Crippen LogP contribution >= 0.6 is 11.6 Å². The Balaban J connectivity index is 1.89. The van der Waals surface area contributed by atoms with Crippen LogP contribution in [0.5, 0.6) is 0 Å². The maximum Gasteiger partial charge on any atom is 0.322 e. The summed E-state index contributed by atoms with van der Waals surface area (Å²) >= 11 is 6.10. The second-order valence-corrected chi connectivity index (χ2v) is 9.35. The summed E-state index contributed by atoms with van der Waals surface area (Å²) < 4.78 is 15.5. The Morgan fingerprint density at radius 1 is 1.11 bits per heavy atom. The predicted molar refractivity (Wildman–Crippen MR) is 147 cm³/mol. The van der Waals surface area contributed by atoms with Crippen molar-refractivity contribution >= 4 is 34.2 Å². The Labute approximate surface area is 220 Å². The molecule has 0 bridgehead atoms. The van der Waals surface area contributed by atoms with Crippen LogP contribution in [0, 0.1) is 12.7 Å². The molecule has 0 saturated carbocycles. The molecule has 2 amide bonds. The molecule has 8 heteroatoms. The zero-order valence-corrected chi connectivity index (χ0v) is 21.9. The number of para-hydroxylation sites is 2. The number of amides is 2. The maximum atomic E-state index is 14.0. The molecule has 0 saturated heterocycles. The molecule has 0 fully saturated rings. The van der Waals surface area contributed by atoms with Crippen LogP contribution in [-0.2, 0) is 0 Å². The van der Waals surface area contributed by atoms with Crippen LogP contribution in [0.4, 0.5) is 14.9 Å². The fraction of sp³-hybridized carbons (Fsp3) is 0.276. The molecule has 192 valence electrons. The van der Waals surface area contributed by atoms with Gasteiger partial charge in [0, 0.05) is 12.2 Å². The Bertz CT molecular complexity index is 1490. The number of unbranched alkanes of at least 4 members (excludes halogenated alkanes) is 1. The highest BCUT2D eigenvalue weighted by atomic mass is 35.5. The molecule has 1 N–H and O–H groups in total. The number of carbonyl (C=O) groups is 1. The topological polar surface area (TPSA) is 67.2 Å². The summed E-state index contributed by atoms with van der Waals surface area (Å²) in [5, 5.41) is 3.35. The van der Waals surface area contributed by atoms with E-state index >= 15 is 0 Å². The highest BCUT2D eigenvalue weighted by molar-refractivity contribution is 6.30. The highest BCUT2D eigenvalue weighted by Gasteiger charge is 2.29. The van der Waals surface area contributed by atoms with Gasteiger partial charge in [0.15, 0.2) is 0 Å². The molecule has 6 nitrogen and oxygen atoms in total. The van der Waals surface area contributed by atoms with E-state index in [0.29, 0.717) is 35.4 Å². The van der Waals surface area contributed by atoms with Crippen molar-refractivity contribution in [2.24, 2.45) is 0 Å². The fourth-order valence-electron chi connectivity index (χ4n) is 4.42. The molecule has 0 aliphatic carbocycles. The number of aryl methyl sites for hydroxylation is 1. The van der Waals surface area contributed by atoms with Crippen molar-refractivity contribution in [3.63, 3.8) is 0 Å². The normalized spacial score (nSPS) is 11.9. The zero-order chi connectivity index (χ0) is 26.5. The third-order valence-electron chi connectivity index (χ3n) is 6.42. The number of hydrogen-bond donors (Lipinski definition) is 1. The Morgan fingerprint density at radius 3 is 2.54 bits per heavy atom. The van der Waals surface area contributed by atoms with E-state index in [2.05, 4.69) is 12.2 Å². The van der Waals surface area contributed by atoms with E-state index in [1.165, 1.54) is 22.8 Å². The Hall–Kier alpha value is -3.71. The van der Waals surface area contributed by atoms with Gasteiger partial charge in [0.25, 0.3) is 5.56 Å². The first-order valence-electron chi connectivity index (χ1n) is 12.5.